The van der Waals surface area contributed by atoms with Crippen LogP contribution in [0.5, 0.6) is 0 Å². The van der Waals surface area contributed by atoms with Gasteiger partial charge in [-0.3, -0.25) is 4.55 Å². The largest absolute Gasteiger partial charge is 0.295 e. The van der Waals surface area contributed by atoms with Crippen molar-refractivity contribution in [3.63, 3.8) is 0 Å². The van der Waals surface area contributed by atoms with Crippen LogP contribution in [0.3, 0.4) is 0 Å². The predicted molar refractivity (Wildman–Crippen MR) is 53.8 cm³/mol. The average Bonchev–Trinajstić information content (AvgIpc) is 2.15. The van der Waals surface area contributed by atoms with Crippen molar-refractivity contribution in [3.8, 4) is 0 Å². The van der Waals surface area contributed by atoms with Gasteiger partial charge < -0.3 is 0 Å². The summed E-state index contributed by atoms with van der Waals surface area (Å²) in [6.45, 7) is 0. The zero-order valence-corrected chi connectivity index (χ0v) is 11.7. The second kappa shape index (κ2) is 4.39. The van der Waals surface area contributed by atoms with Gasteiger partial charge >= 0.3 is 0 Å². The fourth-order valence-corrected chi connectivity index (χ4v) is 2.13. The van der Waals surface area contributed by atoms with Crippen molar-refractivity contribution in [1.29, 1.82) is 0 Å². The van der Waals surface area contributed by atoms with E-state index >= 15 is 0 Å². The maximum absolute atomic E-state index is 11.0. The molecule has 1 N–H and O–H groups in total. The molecule has 74 valence electrons. The first-order valence-electron chi connectivity index (χ1n) is 4.04. The molecule has 2 aromatic carbocycles. The summed E-state index contributed by atoms with van der Waals surface area (Å²) in [4.78, 5) is -0.0457. The van der Waals surface area contributed by atoms with Crippen molar-refractivity contribution in [1.82, 2.24) is 0 Å². The first-order chi connectivity index (χ1) is 6.59. The third kappa shape index (κ3) is 2.43. The summed E-state index contributed by atoms with van der Waals surface area (Å²) in [7, 11) is -4.13. The summed E-state index contributed by atoms with van der Waals surface area (Å²) < 4.78 is 31.0. The van der Waals surface area contributed by atoms with Gasteiger partial charge in [-0.1, -0.05) is 36.4 Å². The minimum absolute atomic E-state index is 0. The van der Waals surface area contributed by atoms with Gasteiger partial charge in [-0.05, 0) is 11.5 Å². The Labute approximate surface area is 101 Å². The summed E-state index contributed by atoms with van der Waals surface area (Å²) in [5.74, 6) is 0. The van der Waals surface area contributed by atoms with Crippen LogP contribution in [0.2, 0.25) is 0 Å². The molecule has 0 aliphatic rings. The maximum Gasteiger partial charge on any atom is 0.295 e. The quantitative estimate of drug-likeness (QED) is 0.639. The zero-order valence-electron chi connectivity index (χ0n) is 7.92. The van der Waals surface area contributed by atoms with E-state index in [-0.39, 0.29) is 24.4 Å². The van der Waals surface area contributed by atoms with Gasteiger partial charge in [0.2, 0.25) is 0 Å². The molecule has 3 nitrogen and oxygen atoms in total. The molecule has 0 aliphatic carbocycles. The minimum atomic E-state index is -4.13. The molecule has 0 spiro atoms. The second-order valence-electron chi connectivity index (χ2n) is 2.95. The monoisotopic (exact) mass is 272 g/mol. The van der Waals surface area contributed by atoms with Crippen molar-refractivity contribution in [2.75, 3.05) is 0 Å². The van der Waals surface area contributed by atoms with Crippen LogP contribution in [0.1, 0.15) is 0 Å². The predicted octanol–water partition coefficient (Wildman–Crippen LogP) is 2.08. The van der Waals surface area contributed by atoms with Crippen LogP contribution in [0.25, 0.3) is 10.8 Å². The molecule has 0 atom stereocenters. The van der Waals surface area contributed by atoms with E-state index in [1.807, 2.05) is 6.07 Å². The summed E-state index contributed by atoms with van der Waals surface area (Å²) in [5.41, 5.74) is 0. The molecule has 0 aromatic heterocycles. The summed E-state index contributed by atoms with van der Waals surface area (Å²) in [5, 5.41) is 1.33. The third-order valence-electron chi connectivity index (χ3n) is 2.03. The van der Waals surface area contributed by atoms with Crippen LogP contribution in [-0.4, -0.2) is 13.0 Å². The Morgan fingerprint density at radius 1 is 0.933 bits per heavy atom. The normalized spacial score (nSPS) is 11.0. The van der Waals surface area contributed by atoms with Gasteiger partial charge in [-0.25, -0.2) is 0 Å². The van der Waals surface area contributed by atoms with E-state index < -0.39 is 10.1 Å². The van der Waals surface area contributed by atoms with E-state index in [2.05, 4.69) is 0 Å². The van der Waals surface area contributed by atoms with Crippen LogP contribution in [0, 0.1) is 0 Å². The van der Waals surface area contributed by atoms with Crippen LogP contribution in [0.4, 0.5) is 0 Å². The summed E-state index contributed by atoms with van der Waals surface area (Å²) in [6.07, 6.45) is 0. The molecule has 0 heterocycles. The topological polar surface area (TPSA) is 54.4 Å². The van der Waals surface area contributed by atoms with Crippen LogP contribution in [0.15, 0.2) is 47.4 Å². The SMILES string of the molecule is O=S(=O)(O)c1cccc2ccccc12.[Zn]. The Morgan fingerprint density at radius 3 is 2.20 bits per heavy atom. The molecule has 15 heavy (non-hydrogen) atoms. The standard InChI is InChI=1S/C10H8O3S.Zn/c11-14(12,13)10-7-3-5-8-4-1-2-6-9(8)10;/h1-7H,(H,11,12,13);. The van der Waals surface area contributed by atoms with Crippen molar-refractivity contribution in [3.05, 3.63) is 42.5 Å². The third-order valence-corrected chi connectivity index (χ3v) is 2.94. The maximum atomic E-state index is 11.0. The van der Waals surface area contributed by atoms with E-state index in [0.717, 1.165) is 5.39 Å². The number of fused-ring (bicyclic) bond motifs is 1. The first kappa shape index (κ1) is 12.3. The first-order valence-corrected chi connectivity index (χ1v) is 5.48. The molecule has 0 aliphatic heterocycles. The number of hydrogen-bond donors (Lipinski definition) is 1. The number of rotatable bonds is 1. The average molecular weight is 274 g/mol. The fraction of sp³-hybridized carbons (Fsp3) is 0. The van der Waals surface area contributed by atoms with E-state index in [1.165, 1.54) is 6.07 Å². The van der Waals surface area contributed by atoms with Crippen LogP contribution < -0.4 is 0 Å². The van der Waals surface area contributed by atoms with E-state index in [4.69, 9.17) is 4.55 Å². The fourth-order valence-electron chi connectivity index (χ4n) is 1.42. The van der Waals surface area contributed by atoms with Crippen molar-refractivity contribution < 1.29 is 32.4 Å². The Kier molecular flexibility index (Phi) is 3.60. The van der Waals surface area contributed by atoms with Gasteiger partial charge in [0.15, 0.2) is 0 Å². The smallest absolute Gasteiger partial charge is 0.282 e. The molecule has 0 saturated carbocycles. The summed E-state index contributed by atoms with van der Waals surface area (Å²) >= 11 is 0. The second-order valence-corrected chi connectivity index (χ2v) is 4.34. The van der Waals surface area contributed by atoms with Gasteiger partial charge in [0, 0.05) is 24.9 Å². The van der Waals surface area contributed by atoms with Crippen LogP contribution in [-0.2, 0) is 29.6 Å². The molecule has 0 fully saturated rings. The summed E-state index contributed by atoms with van der Waals surface area (Å²) in [6, 6.07) is 11.8. The molecule has 0 unspecified atom stereocenters. The Morgan fingerprint density at radius 2 is 1.53 bits per heavy atom. The molecule has 0 radical (unpaired) electrons. The molecule has 2 rings (SSSR count). The van der Waals surface area contributed by atoms with E-state index in [1.54, 1.807) is 30.3 Å². The van der Waals surface area contributed by atoms with Gasteiger partial charge in [0.25, 0.3) is 10.1 Å². The van der Waals surface area contributed by atoms with Gasteiger partial charge in [-0.2, -0.15) is 8.42 Å². The van der Waals surface area contributed by atoms with Gasteiger partial charge in [0.05, 0.1) is 0 Å². The van der Waals surface area contributed by atoms with Crippen molar-refractivity contribution in [2.45, 2.75) is 4.90 Å². The molecular formula is C10H8O3SZn. The minimum Gasteiger partial charge on any atom is -0.282 e. The Balaban J connectivity index is 0.00000112. The molecule has 0 saturated heterocycles. The molecule has 2 aromatic rings. The molecular weight excluding hydrogens is 266 g/mol. The van der Waals surface area contributed by atoms with E-state index in [0.29, 0.717) is 5.39 Å². The molecule has 0 bridgehead atoms. The number of hydrogen-bond acceptors (Lipinski definition) is 2. The Bertz CT molecular complexity index is 573. The molecule has 5 heteroatoms. The van der Waals surface area contributed by atoms with Crippen LogP contribution >= 0.6 is 0 Å². The van der Waals surface area contributed by atoms with Crippen molar-refractivity contribution >= 4 is 20.9 Å². The van der Waals surface area contributed by atoms with Gasteiger partial charge in [0.1, 0.15) is 4.90 Å². The van der Waals surface area contributed by atoms with Crippen molar-refractivity contribution in [2.24, 2.45) is 0 Å². The van der Waals surface area contributed by atoms with Gasteiger partial charge in [-0.15, -0.1) is 0 Å². The number of benzene rings is 2. The zero-order chi connectivity index (χ0) is 10.2. The van der Waals surface area contributed by atoms with E-state index in [9.17, 15) is 8.42 Å². The molecule has 0 amide bonds. The Hall–Kier alpha value is -0.767.